The van der Waals surface area contributed by atoms with Gasteiger partial charge in [-0.3, -0.25) is 9.59 Å². The maximum atomic E-state index is 12.8. The highest BCUT2D eigenvalue weighted by Crippen LogP contribution is 2.55. The van der Waals surface area contributed by atoms with Gasteiger partial charge in [0.15, 0.2) is 0 Å². The van der Waals surface area contributed by atoms with Crippen LogP contribution in [-0.4, -0.2) is 24.0 Å². The highest BCUT2D eigenvalue weighted by molar-refractivity contribution is 6.31. The molecule has 1 fully saturated rings. The highest BCUT2D eigenvalue weighted by Gasteiger charge is 2.64. The number of hydrogen-bond donors (Lipinski definition) is 1. The molecule has 0 aliphatic heterocycles. The van der Waals surface area contributed by atoms with Crippen LogP contribution < -0.4 is 14.8 Å². The number of nitriles is 1. The van der Waals surface area contributed by atoms with Gasteiger partial charge in [0.05, 0.1) is 10.6 Å². The summed E-state index contributed by atoms with van der Waals surface area (Å²) in [5, 5.41) is 12.5. The van der Waals surface area contributed by atoms with Gasteiger partial charge in [-0.2, -0.15) is 5.26 Å². The van der Waals surface area contributed by atoms with E-state index in [0.717, 1.165) is 0 Å². The first-order valence-electron chi connectivity index (χ1n) is 9.92. The molecule has 1 aliphatic rings. The largest absolute Gasteiger partial charge is 0.489 e. The number of nitrogens with one attached hydrogen (secondary N) is 1. The van der Waals surface area contributed by atoms with Gasteiger partial charge in [0.25, 0.3) is 5.91 Å². The Hall–Kier alpha value is -3.04. The third kappa shape index (κ3) is 4.38. The van der Waals surface area contributed by atoms with Crippen LogP contribution in [0, 0.1) is 22.2 Å². The molecule has 6 nitrogen and oxygen atoms in total. The van der Waals surface area contributed by atoms with Gasteiger partial charge in [0.1, 0.15) is 23.7 Å². The molecule has 0 saturated heterocycles. The summed E-state index contributed by atoms with van der Waals surface area (Å²) in [6, 6.07) is 13.3. The van der Waals surface area contributed by atoms with Gasteiger partial charge in [0, 0.05) is 35.4 Å². The summed E-state index contributed by atoms with van der Waals surface area (Å²) < 4.78 is 11.2. The molecule has 0 radical (unpaired) electrons. The Morgan fingerprint density at radius 2 is 1.61 bits per heavy atom. The molecule has 2 aromatic rings. The number of hydrogen-bond acceptors (Lipinski definition) is 5. The summed E-state index contributed by atoms with van der Waals surface area (Å²) in [4.78, 5) is 23.9. The lowest BCUT2D eigenvalue weighted by Gasteiger charge is -2.63. The van der Waals surface area contributed by atoms with Crippen molar-refractivity contribution in [3.05, 3.63) is 58.6 Å². The van der Waals surface area contributed by atoms with Gasteiger partial charge in [-0.05, 0) is 36.4 Å². The van der Waals surface area contributed by atoms with Crippen molar-refractivity contribution in [2.75, 3.05) is 0 Å². The molecule has 1 aliphatic carbocycles. The fraction of sp³-hybridized carbons (Fsp3) is 0.375. The number of rotatable bonds is 5. The molecule has 0 aromatic heterocycles. The Morgan fingerprint density at radius 3 is 2.13 bits per heavy atom. The average Bonchev–Trinajstić information content (AvgIpc) is 2.70. The van der Waals surface area contributed by atoms with Gasteiger partial charge in [-0.25, -0.2) is 0 Å². The second-order valence-electron chi connectivity index (χ2n) is 8.92. The molecule has 0 unspecified atom stereocenters. The van der Waals surface area contributed by atoms with Crippen molar-refractivity contribution in [2.24, 2.45) is 10.8 Å². The van der Waals surface area contributed by atoms with Crippen molar-refractivity contribution in [1.82, 2.24) is 5.32 Å². The van der Waals surface area contributed by atoms with E-state index in [1.165, 1.54) is 6.92 Å². The maximum absolute atomic E-state index is 12.8. The molecular formula is C24H25ClN2O4. The average molecular weight is 441 g/mol. The standard InChI is InChI=1S/C24H25ClN2O4/c1-14(28)30-17-9-6-15(7-10-17)20(29)27-21-23(2,3)22(24(21,4)5)31-18-11-8-16(13-26)19(25)12-18/h6-12,21-22H,1-5H3,(H,27,29). The predicted octanol–water partition coefficient (Wildman–Crippen LogP) is 4.75. The van der Waals surface area contributed by atoms with Crippen LogP contribution in [0.2, 0.25) is 5.02 Å². The molecule has 2 aromatic carbocycles. The molecule has 1 amide bonds. The summed E-state index contributed by atoms with van der Waals surface area (Å²) in [6.45, 7) is 9.50. The Morgan fingerprint density at radius 1 is 1.03 bits per heavy atom. The Balaban J connectivity index is 1.72. The van der Waals surface area contributed by atoms with Crippen LogP contribution in [0.25, 0.3) is 0 Å². The summed E-state index contributed by atoms with van der Waals surface area (Å²) >= 11 is 6.13. The second kappa shape index (κ2) is 8.24. The highest BCUT2D eigenvalue weighted by atomic mass is 35.5. The number of esters is 1. The molecule has 31 heavy (non-hydrogen) atoms. The van der Waals surface area contributed by atoms with Gasteiger partial charge in [-0.1, -0.05) is 39.3 Å². The molecule has 0 bridgehead atoms. The third-order valence-corrected chi connectivity index (χ3v) is 6.12. The van der Waals surface area contributed by atoms with E-state index in [-0.39, 0.29) is 28.9 Å². The van der Waals surface area contributed by atoms with Crippen molar-refractivity contribution in [3.8, 4) is 17.6 Å². The van der Waals surface area contributed by atoms with Crippen molar-refractivity contribution < 1.29 is 19.1 Å². The van der Waals surface area contributed by atoms with Crippen LogP contribution in [0.5, 0.6) is 11.5 Å². The number of carbonyl (C=O) groups is 2. The lowest BCUT2D eigenvalue weighted by atomic mass is 9.49. The fourth-order valence-corrected chi connectivity index (χ4v) is 4.86. The van der Waals surface area contributed by atoms with Crippen LogP contribution in [0.3, 0.4) is 0 Å². The molecule has 7 heteroatoms. The molecule has 0 heterocycles. The molecular weight excluding hydrogens is 416 g/mol. The number of amides is 1. The van der Waals surface area contributed by atoms with Gasteiger partial charge < -0.3 is 14.8 Å². The first-order chi connectivity index (χ1) is 14.5. The zero-order chi connectivity index (χ0) is 23.0. The predicted molar refractivity (Wildman–Crippen MR) is 117 cm³/mol. The minimum absolute atomic E-state index is 0.139. The van der Waals surface area contributed by atoms with Crippen molar-refractivity contribution >= 4 is 23.5 Å². The van der Waals surface area contributed by atoms with E-state index in [9.17, 15) is 9.59 Å². The van der Waals surface area contributed by atoms with Crippen molar-refractivity contribution in [2.45, 2.75) is 46.8 Å². The number of carbonyl (C=O) groups excluding carboxylic acids is 2. The van der Waals surface area contributed by atoms with E-state index < -0.39 is 5.97 Å². The normalized spacial score (nSPS) is 20.7. The van der Waals surface area contributed by atoms with Crippen LogP contribution in [0.15, 0.2) is 42.5 Å². The van der Waals surface area contributed by atoms with Crippen LogP contribution in [0.1, 0.15) is 50.5 Å². The number of nitrogens with zero attached hydrogens (tertiary/aromatic N) is 1. The molecule has 0 spiro atoms. The first kappa shape index (κ1) is 22.6. The maximum Gasteiger partial charge on any atom is 0.308 e. The lowest BCUT2D eigenvalue weighted by molar-refractivity contribution is -0.164. The SMILES string of the molecule is CC(=O)Oc1ccc(C(=O)NC2C(C)(C)C(Oc3ccc(C#N)c(Cl)c3)C2(C)C)cc1. The molecule has 162 valence electrons. The zero-order valence-electron chi connectivity index (χ0n) is 18.2. The Kier molecular flexibility index (Phi) is 6.02. The monoisotopic (exact) mass is 440 g/mol. The Bertz CT molecular complexity index is 1040. The lowest BCUT2D eigenvalue weighted by Crippen LogP contribution is -2.74. The van der Waals surface area contributed by atoms with Gasteiger partial charge in [0.2, 0.25) is 0 Å². The summed E-state index contributed by atoms with van der Waals surface area (Å²) in [7, 11) is 0. The number of ether oxygens (including phenoxy) is 2. The van der Waals surface area contributed by atoms with Gasteiger partial charge >= 0.3 is 5.97 Å². The quantitative estimate of drug-likeness (QED) is 0.535. The molecule has 1 N–H and O–H groups in total. The summed E-state index contributed by atoms with van der Waals surface area (Å²) in [6.07, 6.45) is -0.180. The summed E-state index contributed by atoms with van der Waals surface area (Å²) in [5.74, 6) is 0.356. The van der Waals surface area contributed by atoms with Crippen molar-refractivity contribution in [1.29, 1.82) is 5.26 Å². The topological polar surface area (TPSA) is 88.4 Å². The van der Waals surface area contributed by atoms with E-state index in [4.69, 9.17) is 26.3 Å². The minimum atomic E-state index is -0.412. The van der Waals surface area contributed by atoms with Gasteiger partial charge in [-0.15, -0.1) is 0 Å². The smallest absolute Gasteiger partial charge is 0.308 e. The Labute approximate surface area is 187 Å². The fourth-order valence-electron chi connectivity index (χ4n) is 4.65. The van der Waals surface area contributed by atoms with Crippen LogP contribution in [-0.2, 0) is 4.79 Å². The van der Waals surface area contributed by atoms with E-state index in [0.29, 0.717) is 27.6 Å². The molecule has 1 saturated carbocycles. The molecule has 0 atom stereocenters. The minimum Gasteiger partial charge on any atom is -0.489 e. The first-order valence-corrected chi connectivity index (χ1v) is 10.3. The van der Waals surface area contributed by atoms with Crippen LogP contribution in [0.4, 0.5) is 0 Å². The van der Waals surface area contributed by atoms with E-state index >= 15 is 0 Å². The third-order valence-electron chi connectivity index (χ3n) is 5.81. The summed E-state index contributed by atoms with van der Waals surface area (Å²) in [5.41, 5.74) is 0.172. The van der Waals surface area contributed by atoms with E-state index in [2.05, 4.69) is 5.32 Å². The number of benzene rings is 2. The van der Waals surface area contributed by atoms with E-state index in [1.807, 2.05) is 33.8 Å². The van der Waals surface area contributed by atoms with Crippen molar-refractivity contribution in [3.63, 3.8) is 0 Å². The second-order valence-corrected chi connectivity index (χ2v) is 9.33. The zero-order valence-corrected chi connectivity index (χ0v) is 18.9. The van der Waals surface area contributed by atoms with E-state index in [1.54, 1.807) is 42.5 Å². The molecule has 3 rings (SSSR count). The number of halogens is 1. The van der Waals surface area contributed by atoms with Crippen LogP contribution >= 0.6 is 11.6 Å².